The molecule has 5 heavy (non-hydrogen) atoms. The maximum Gasteiger partial charge on any atom is 0.0114 e. The zero-order valence-corrected chi connectivity index (χ0v) is 5.64. The highest BCUT2D eigenvalue weighted by molar-refractivity contribution is 9.07. The fourth-order valence-corrected chi connectivity index (χ4v) is 0. The molecule has 0 aromatic heterocycles. The van der Waals surface area contributed by atoms with E-state index in [1.807, 2.05) is 18.0 Å². The summed E-state index contributed by atoms with van der Waals surface area (Å²) < 4.78 is 1.81. The molecule has 0 amide bonds. The lowest BCUT2D eigenvalue weighted by Crippen LogP contribution is -1.88. The molecule has 0 aromatic carbocycles. The van der Waals surface area contributed by atoms with Crippen molar-refractivity contribution in [3.8, 4) is 0 Å². The molecule has 0 aromatic rings. The van der Waals surface area contributed by atoms with Gasteiger partial charge in [0.25, 0.3) is 0 Å². The standard InChI is InChI=1S/C2H6BrN.ClH/c1-4(2)3;/h1-2H3;1H. The van der Waals surface area contributed by atoms with E-state index in [0.29, 0.717) is 0 Å². The number of halogens is 2. The lowest BCUT2D eigenvalue weighted by Gasteiger charge is -1.86. The quantitative estimate of drug-likeness (QED) is 0.483. The van der Waals surface area contributed by atoms with Gasteiger partial charge < -0.3 is 0 Å². The van der Waals surface area contributed by atoms with Crippen molar-refractivity contribution in [2.24, 2.45) is 0 Å². The van der Waals surface area contributed by atoms with E-state index in [1.54, 1.807) is 0 Å². The molecule has 0 N–H and O–H groups in total. The van der Waals surface area contributed by atoms with Crippen LogP contribution in [0.5, 0.6) is 0 Å². The van der Waals surface area contributed by atoms with Crippen LogP contribution in [0.3, 0.4) is 0 Å². The van der Waals surface area contributed by atoms with Crippen LogP contribution >= 0.6 is 28.6 Å². The predicted molar refractivity (Wildman–Crippen MR) is 29.9 cm³/mol. The molecule has 1 nitrogen and oxygen atoms in total. The minimum absolute atomic E-state index is 0. The third kappa shape index (κ3) is 66.2. The average Bonchev–Trinajstić information content (AvgIpc) is 0.811. The van der Waals surface area contributed by atoms with Crippen LogP contribution in [0.1, 0.15) is 0 Å². The van der Waals surface area contributed by atoms with E-state index in [1.165, 1.54) is 0 Å². The Balaban J connectivity index is 0. The first kappa shape index (κ1) is 9.21. The first-order valence-corrected chi connectivity index (χ1v) is 1.77. The van der Waals surface area contributed by atoms with Crippen molar-refractivity contribution in [1.29, 1.82) is 0 Å². The monoisotopic (exact) mass is 159 g/mol. The molecule has 0 bridgehead atoms. The van der Waals surface area contributed by atoms with Gasteiger partial charge in [0, 0.05) is 16.1 Å². The molecular formula is C2H7BrClN. The summed E-state index contributed by atoms with van der Waals surface area (Å²) in [5.74, 6) is 0. The molecule has 0 aliphatic carbocycles. The van der Waals surface area contributed by atoms with Crippen LogP contribution in [0.25, 0.3) is 0 Å². The third-order valence-corrected chi connectivity index (χ3v) is 0. The highest BCUT2D eigenvalue weighted by Crippen LogP contribution is 1.77. The van der Waals surface area contributed by atoms with Crippen LogP contribution in [0, 0.1) is 0 Å². The van der Waals surface area contributed by atoms with Gasteiger partial charge in [0.2, 0.25) is 0 Å². The van der Waals surface area contributed by atoms with Crippen LogP contribution in [0.15, 0.2) is 0 Å². The summed E-state index contributed by atoms with van der Waals surface area (Å²) >= 11 is 3.10. The summed E-state index contributed by atoms with van der Waals surface area (Å²) in [7, 11) is 3.83. The molecule has 0 rings (SSSR count). The van der Waals surface area contributed by atoms with Crippen molar-refractivity contribution < 1.29 is 0 Å². The van der Waals surface area contributed by atoms with Gasteiger partial charge in [0.05, 0.1) is 0 Å². The molecule has 3 heteroatoms. The summed E-state index contributed by atoms with van der Waals surface area (Å²) in [4.78, 5) is 0. The topological polar surface area (TPSA) is 3.24 Å². The van der Waals surface area contributed by atoms with E-state index in [9.17, 15) is 0 Å². The first-order chi connectivity index (χ1) is 1.73. The Kier molecular flexibility index (Phi) is 8.72. The lowest BCUT2D eigenvalue weighted by molar-refractivity contribution is 0.729. The van der Waals surface area contributed by atoms with Gasteiger partial charge in [-0.3, -0.25) is 0 Å². The summed E-state index contributed by atoms with van der Waals surface area (Å²) in [6.45, 7) is 0. The normalized spacial score (nSPS) is 7.20. The zero-order chi connectivity index (χ0) is 3.58. The van der Waals surface area contributed by atoms with Crippen molar-refractivity contribution in [1.82, 2.24) is 3.93 Å². The fourth-order valence-electron chi connectivity index (χ4n) is 0. The molecular weight excluding hydrogens is 153 g/mol. The molecule has 0 heterocycles. The molecule has 0 radical (unpaired) electrons. The van der Waals surface area contributed by atoms with Crippen molar-refractivity contribution >= 4 is 28.6 Å². The molecule has 0 aliphatic rings. The molecule has 0 saturated carbocycles. The Bertz CT molecular complexity index is 14.4. The van der Waals surface area contributed by atoms with Crippen LogP contribution in [-0.4, -0.2) is 18.0 Å². The summed E-state index contributed by atoms with van der Waals surface area (Å²) in [6, 6.07) is 0. The van der Waals surface area contributed by atoms with Crippen molar-refractivity contribution in [3.05, 3.63) is 0 Å². The molecule has 0 spiro atoms. The number of hydrogen-bond acceptors (Lipinski definition) is 1. The molecule has 0 saturated heterocycles. The predicted octanol–water partition coefficient (Wildman–Crippen LogP) is 1.28. The average molecular weight is 160 g/mol. The lowest BCUT2D eigenvalue weighted by atomic mass is 11.3. The van der Waals surface area contributed by atoms with Crippen LogP contribution < -0.4 is 0 Å². The van der Waals surface area contributed by atoms with Gasteiger partial charge in [-0.05, 0) is 14.1 Å². The summed E-state index contributed by atoms with van der Waals surface area (Å²) in [6.07, 6.45) is 0. The zero-order valence-electron chi connectivity index (χ0n) is 3.23. The van der Waals surface area contributed by atoms with Gasteiger partial charge in [-0.2, -0.15) is 0 Å². The van der Waals surface area contributed by atoms with Crippen LogP contribution in [-0.2, 0) is 0 Å². The molecule has 0 aliphatic heterocycles. The van der Waals surface area contributed by atoms with Gasteiger partial charge in [-0.15, -0.1) is 12.4 Å². The third-order valence-electron chi connectivity index (χ3n) is 0. The van der Waals surface area contributed by atoms with Gasteiger partial charge in [-0.1, -0.05) is 0 Å². The van der Waals surface area contributed by atoms with Crippen molar-refractivity contribution in [3.63, 3.8) is 0 Å². The van der Waals surface area contributed by atoms with Gasteiger partial charge >= 0.3 is 0 Å². The van der Waals surface area contributed by atoms with E-state index in [0.717, 1.165) is 0 Å². The van der Waals surface area contributed by atoms with Crippen LogP contribution in [0.2, 0.25) is 0 Å². The Labute approximate surface area is 47.1 Å². The number of rotatable bonds is 0. The maximum absolute atomic E-state index is 3.10. The van der Waals surface area contributed by atoms with E-state index in [-0.39, 0.29) is 12.4 Å². The van der Waals surface area contributed by atoms with Gasteiger partial charge in [0.1, 0.15) is 0 Å². The van der Waals surface area contributed by atoms with Crippen molar-refractivity contribution in [2.75, 3.05) is 14.1 Å². The van der Waals surface area contributed by atoms with E-state index < -0.39 is 0 Å². The Morgan fingerprint density at radius 1 is 1.40 bits per heavy atom. The van der Waals surface area contributed by atoms with Crippen molar-refractivity contribution in [2.45, 2.75) is 0 Å². The van der Waals surface area contributed by atoms with E-state index >= 15 is 0 Å². The Morgan fingerprint density at radius 3 is 1.40 bits per heavy atom. The number of nitrogens with zero attached hydrogens (tertiary/aromatic N) is 1. The maximum atomic E-state index is 3.10. The Hall–Kier alpha value is 0.730. The number of hydrogen-bond donors (Lipinski definition) is 0. The minimum atomic E-state index is 0. The first-order valence-electron chi connectivity index (χ1n) is 1.06. The Morgan fingerprint density at radius 2 is 1.40 bits per heavy atom. The van der Waals surface area contributed by atoms with Gasteiger partial charge in [-0.25, -0.2) is 3.93 Å². The second-order valence-electron chi connectivity index (χ2n) is 0.785. The molecule has 34 valence electrons. The smallest absolute Gasteiger partial charge is 0.0114 e. The van der Waals surface area contributed by atoms with E-state index in [2.05, 4.69) is 16.1 Å². The fraction of sp³-hybridized carbons (Fsp3) is 1.00. The van der Waals surface area contributed by atoms with E-state index in [4.69, 9.17) is 0 Å². The second kappa shape index (κ2) is 4.73. The van der Waals surface area contributed by atoms with Crippen LogP contribution in [0.4, 0.5) is 0 Å². The summed E-state index contributed by atoms with van der Waals surface area (Å²) in [5, 5.41) is 0. The molecule has 0 unspecified atom stereocenters. The van der Waals surface area contributed by atoms with Gasteiger partial charge in [0.15, 0.2) is 0 Å². The molecule has 0 fully saturated rings. The SMILES string of the molecule is CN(C)Br.Cl. The molecule has 0 atom stereocenters. The highest BCUT2D eigenvalue weighted by atomic mass is 79.9. The highest BCUT2D eigenvalue weighted by Gasteiger charge is 1.61. The minimum Gasteiger partial charge on any atom is -0.249 e. The largest absolute Gasteiger partial charge is 0.249 e. The second-order valence-corrected chi connectivity index (χ2v) is 2.20. The summed E-state index contributed by atoms with van der Waals surface area (Å²) in [5.41, 5.74) is 0.